The lowest BCUT2D eigenvalue weighted by Crippen LogP contribution is -2.28. The molecule has 0 aliphatic carbocycles. The molecule has 0 aliphatic heterocycles. The van der Waals surface area contributed by atoms with Crippen molar-refractivity contribution in [1.29, 1.82) is 0 Å². The highest BCUT2D eigenvalue weighted by Gasteiger charge is 2.30. The molecule has 1 heterocycles. The Morgan fingerprint density at radius 3 is 2.38 bits per heavy atom. The average molecular weight is 452 g/mol. The molecular weight excluding hydrogens is 432 g/mol. The van der Waals surface area contributed by atoms with Crippen LogP contribution in [0.1, 0.15) is 27.2 Å². The number of ether oxygens (including phenoxy) is 1. The molecule has 0 saturated heterocycles. The van der Waals surface area contributed by atoms with Crippen molar-refractivity contribution in [2.24, 2.45) is 0 Å². The highest BCUT2D eigenvalue weighted by atomic mass is 19.4. The van der Waals surface area contributed by atoms with Gasteiger partial charge in [-0.2, -0.15) is 13.2 Å². The van der Waals surface area contributed by atoms with E-state index in [0.29, 0.717) is 16.6 Å². The third-order valence-electron chi connectivity index (χ3n) is 5.04. The number of carbonyl (C=O) groups excluding carboxylic acids is 2. The van der Waals surface area contributed by atoms with Gasteiger partial charge in [-0.3, -0.25) is 14.2 Å². The molecule has 0 atom stereocenters. The van der Waals surface area contributed by atoms with Crippen molar-refractivity contribution >= 4 is 22.7 Å². The van der Waals surface area contributed by atoms with Crippen molar-refractivity contribution < 1.29 is 37.0 Å². The lowest BCUT2D eigenvalue weighted by Gasteiger charge is -2.10. The third kappa shape index (κ3) is 4.45. The van der Waals surface area contributed by atoms with Gasteiger partial charge in [-0.15, -0.1) is 0 Å². The first-order valence-corrected chi connectivity index (χ1v) is 9.55. The van der Waals surface area contributed by atoms with Gasteiger partial charge in [-0.1, -0.05) is 0 Å². The summed E-state index contributed by atoms with van der Waals surface area (Å²) < 4.78 is 59.2. The number of hydrogen-bond donors (Lipinski definition) is 2. The molecule has 1 aromatic heterocycles. The van der Waals surface area contributed by atoms with Gasteiger partial charge >= 0.3 is 6.18 Å². The van der Waals surface area contributed by atoms with Gasteiger partial charge in [-0.25, -0.2) is 4.39 Å². The number of carbonyl (C=O) groups is 2. The van der Waals surface area contributed by atoms with Crippen molar-refractivity contribution in [3.8, 4) is 5.75 Å². The normalized spacial score (nSPS) is 11.6. The monoisotopic (exact) mass is 452 g/mol. The number of aromatic nitrogens is 1. The summed E-state index contributed by atoms with van der Waals surface area (Å²) in [7, 11) is 1.27. The van der Waals surface area contributed by atoms with Crippen LogP contribution in [0, 0.1) is 12.7 Å². The van der Waals surface area contributed by atoms with Gasteiger partial charge in [-0.05, 0) is 42.8 Å². The van der Waals surface area contributed by atoms with E-state index in [1.54, 1.807) is 6.92 Å². The highest BCUT2D eigenvalue weighted by Crippen LogP contribution is 2.33. The quantitative estimate of drug-likeness (QED) is 0.562. The number of hydrogen-bond acceptors (Lipinski definition) is 4. The first-order chi connectivity index (χ1) is 15.1. The van der Waals surface area contributed by atoms with E-state index >= 15 is 0 Å². The molecule has 32 heavy (non-hydrogen) atoms. The summed E-state index contributed by atoms with van der Waals surface area (Å²) in [6.07, 6.45) is -4.71. The molecule has 10 heteroatoms. The lowest BCUT2D eigenvalue weighted by molar-refractivity contribution is -0.137. The van der Waals surface area contributed by atoms with E-state index in [-0.39, 0.29) is 36.4 Å². The molecule has 0 radical (unpaired) electrons. The van der Waals surface area contributed by atoms with Crippen molar-refractivity contribution in [3.63, 3.8) is 0 Å². The zero-order valence-electron chi connectivity index (χ0n) is 17.2. The molecule has 170 valence electrons. The van der Waals surface area contributed by atoms with E-state index in [4.69, 9.17) is 9.84 Å². The number of fused-ring (bicyclic) bond motifs is 1. The maximum Gasteiger partial charge on any atom is 0.416 e. The van der Waals surface area contributed by atoms with Crippen LogP contribution in [0.15, 0.2) is 36.4 Å². The van der Waals surface area contributed by atoms with Crippen LogP contribution in [0.4, 0.5) is 17.6 Å². The van der Waals surface area contributed by atoms with E-state index < -0.39 is 29.4 Å². The Labute approximate surface area is 180 Å². The van der Waals surface area contributed by atoms with Gasteiger partial charge in [0.25, 0.3) is 5.91 Å². The molecule has 0 saturated carbocycles. The van der Waals surface area contributed by atoms with Gasteiger partial charge in [0, 0.05) is 29.3 Å². The van der Waals surface area contributed by atoms with Gasteiger partial charge in [0.1, 0.15) is 0 Å². The van der Waals surface area contributed by atoms with Gasteiger partial charge < -0.3 is 15.2 Å². The van der Waals surface area contributed by atoms with Crippen LogP contribution in [0.3, 0.4) is 0 Å². The minimum absolute atomic E-state index is 0.0366. The molecule has 0 bridgehead atoms. The fraction of sp³-hybridized carbons (Fsp3) is 0.273. The van der Waals surface area contributed by atoms with Crippen LogP contribution in [0.25, 0.3) is 10.9 Å². The highest BCUT2D eigenvalue weighted by molar-refractivity contribution is 6.05. The van der Waals surface area contributed by atoms with Gasteiger partial charge in [0.15, 0.2) is 11.6 Å². The summed E-state index contributed by atoms with van der Waals surface area (Å²) in [6.45, 7) is 1.35. The molecule has 0 unspecified atom stereocenters. The van der Waals surface area contributed by atoms with Crippen molar-refractivity contribution in [2.45, 2.75) is 19.5 Å². The zero-order chi connectivity index (χ0) is 23.6. The molecule has 6 nitrogen and oxygen atoms in total. The second-order valence-electron chi connectivity index (χ2n) is 7.03. The van der Waals surface area contributed by atoms with Crippen LogP contribution < -0.4 is 10.1 Å². The summed E-state index contributed by atoms with van der Waals surface area (Å²) in [5.41, 5.74) is -0.0352. The fourth-order valence-corrected chi connectivity index (χ4v) is 3.47. The van der Waals surface area contributed by atoms with Gasteiger partial charge in [0.05, 0.1) is 31.2 Å². The van der Waals surface area contributed by atoms with E-state index in [9.17, 15) is 27.2 Å². The van der Waals surface area contributed by atoms with Crippen LogP contribution in [-0.2, 0) is 17.4 Å². The number of nitrogens with one attached hydrogen (secondary N) is 1. The number of aliphatic hydroxyl groups excluding tert-OH is 1. The SMILES string of the molecule is COc1cc2c(CC(=O)NCCO)c(C)n(C(=O)c3ccc(C(F)(F)F)cc3)c2cc1F. The van der Waals surface area contributed by atoms with Crippen molar-refractivity contribution in [2.75, 3.05) is 20.3 Å². The Hall–Kier alpha value is -3.40. The largest absolute Gasteiger partial charge is 0.494 e. The van der Waals surface area contributed by atoms with Crippen LogP contribution >= 0.6 is 0 Å². The molecule has 2 N–H and O–H groups in total. The minimum atomic E-state index is -4.55. The molecule has 2 aromatic carbocycles. The summed E-state index contributed by atoms with van der Waals surface area (Å²) in [6, 6.07) is 6.12. The molecule has 3 aromatic rings. The Morgan fingerprint density at radius 2 is 1.81 bits per heavy atom. The zero-order valence-corrected chi connectivity index (χ0v) is 17.2. The molecule has 0 aliphatic rings. The Kier molecular flexibility index (Phi) is 6.54. The maximum atomic E-state index is 14.4. The smallest absolute Gasteiger partial charge is 0.416 e. The number of nitrogens with zero attached hydrogens (tertiary/aromatic N) is 1. The summed E-state index contributed by atoms with van der Waals surface area (Å²) in [5.74, 6) is -1.93. The standard InChI is InChI=1S/C22H20F4N2O4/c1-12-15(10-20(30)27-7-8-29)16-9-19(32-2)17(23)11-18(16)28(12)21(31)13-3-5-14(6-4-13)22(24,25)26/h3-6,9,11,29H,7-8,10H2,1-2H3,(H,27,30). The van der Waals surface area contributed by atoms with Crippen LogP contribution in [-0.4, -0.2) is 41.7 Å². The first-order valence-electron chi connectivity index (χ1n) is 9.55. The van der Waals surface area contributed by atoms with Crippen LogP contribution in [0.5, 0.6) is 5.75 Å². The number of methoxy groups -OCH3 is 1. The van der Waals surface area contributed by atoms with E-state index in [1.807, 2.05) is 0 Å². The molecular formula is C22H20F4N2O4. The predicted molar refractivity (Wildman–Crippen MR) is 108 cm³/mol. The summed E-state index contributed by atoms with van der Waals surface area (Å²) in [5, 5.41) is 11.8. The maximum absolute atomic E-state index is 14.4. The van der Waals surface area contributed by atoms with Crippen molar-refractivity contribution in [1.82, 2.24) is 9.88 Å². The van der Waals surface area contributed by atoms with Gasteiger partial charge in [0.2, 0.25) is 5.91 Å². The average Bonchev–Trinajstić information content (AvgIpc) is 3.00. The number of aliphatic hydroxyl groups is 1. The number of amides is 1. The Balaban J connectivity index is 2.13. The first kappa shape index (κ1) is 23.3. The number of benzene rings is 2. The van der Waals surface area contributed by atoms with E-state index in [1.165, 1.54) is 13.2 Å². The Morgan fingerprint density at radius 1 is 1.16 bits per heavy atom. The molecule has 3 rings (SSSR count). The Bertz CT molecular complexity index is 1170. The number of rotatable bonds is 6. The number of halogens is 4. The lowest BCUT2D eigenvalue weighted by atomic mass is 10.1. The summed E-state index contributed by atoms with van der Waals surface area (Å²) in [4.78, 5) is 25.4. The predicted octanol–water partition coefficient (Wildman–Crippen LogP) is 3.46. The van der Waals surface area contributed by atoms with Crippen LogP contribution in [0.2, 0.25) is 0 Å². The van der Waals surface area contributed by atoms with E-state index in [2.05, 4.69) is 5.32 Å². The fourth-order valence-electron chi connectivity index (χ4n) is 3.47. The second-order valence-corrected chi connectivity index (χ2v) is 7.03. The molecule has 1 amide bonds. The van der Waals surface area contributed by atoms with E-state index in [0.717, 1.165) is 34.9 Å². The molecule has 0 fully saturated rings. The second kappa shape index (κ2) is 8.99. The van der Waals surface area contributed by atoms with Crippen molar-refractivity contribution in [3.05, 3.63) is 64.6 Å². The topological polar surface area (TPSA) is 80.6 Å². The third-order valence-corrected chi connectivity index (χ3v) is 5.04. The number of alkyl halides is 3. The molecule has 0 spiro atoms. The minimum Gasteiger partial charge on any atom is -0.494 e. The summed E-state index contributed by atoms with van der Waals surface area (Å²) >= 11 is 0.